The number of nitrogens with zero attached hydrogens (tertiary/aromatic N) is 2. The van der Waals surface area contributed by atoms with Gasteiger partial charge in [-0.15, -0.1) is 0 Å². The van der Waals surface area contributed by atoms with Crippen LogP contribution in [0, 0.1) is 6.92 Å². The highest BCUT2D eigenvalue weighted by atomic mass is 35.5. The summed E-state index contributed by atoms with van der Waals surface area (Å²) in [5.74, 6) is -1.15. The molecular formula is C16H15Cl2N3O3. The molecule has 1 heterocycles. The Morgan fingerprint density at radius 1 is 1.21 bits per heavy atom. The lowest BCUT2D eigenvalue weighted by atomic mass is 10.1. The fraction of sp³-hybridized carbons (Fsp3) is 0.250. The van der Waals surface area contributed by atoms with E-state index in [0.29, 0.717) is 15.7 Å². The van der Waals surface area contributed by atoms with E-state index < -0.39 is 18.5 Å². The van der Waals surface area contributed by atoms with Crippen molar-refractivity contribution < 1.29 is 14.3 Å². The lowest BCUT2D eigenvalue weighted by Crippen LogP contribution is -2.31. The standard InChI is InChI=1S/C16H15Cl2N3O3/c1-9-6-20-14(7-19-9)16(23)24-8-15(22)21-10(2)11-3-4-12(17)13(18)5-11/h3-7,10H,8H2,1-2H3,(H,21,22). The monoisotopic (exact) mass is 367 g/mol. The third kappa shape index (κ3) is 4.91. The zero-order valence-electron chi connectivity index (χ0n) is 13.0. The molecule has 0 radical (unpaired) electrons. The van der Waals surface area contributed by atoms with Gasteiger partial charge in [0.25, 0.3) is 5.91 Å². The molecular weight excluding hydrogens is 353 g/mol. The van der Waals surface area contributed by atoms with Gasteiger partial charge in [0.2, 0.25) is 0 Å². The van der Waals surface area contributed by atoms with E-state index in [1.54, 1.807) is 32.0 Å². The van der Waals surface area contributed by atoms with Gasteiger partial charge in [-0.05, 0) is 31.5 Å². The van der Waals surface area contributed by atoms with Gasteiger partial charge in [0.05, 0.1) is 28.0 Å². The topological polar surface area (TPSA) is 81.2 Å². The molecule has 1 atom stereocenters. The van der Waals surface area contributed by atoms with Crippen molar-refractivity contribution in [2.45, 2.75) is 19.9 Å². The minimum atomic E-state index is -0.708. The lowest BCUT2D eigenvalue weighted by Gasteiger charge is -2.15. The number of amides is 1. The van der Waals surface area contributed by atoms with Crippen LogP contribution in [0.3, 0.4) is 0 Å². The third-order valence-electron chi connectivity index (χ3n) is 3.15. The number of esters is 1. The Balaban J connectivity index is 1.87. The first-order chi connectivity index (χ1) is 11.4. The molecule has 1 unspecified atom stereocenters. The number of ether oxygens (including phenoxy) is 1. The summed E-state index contributed by atoms with van der Waals surface area (Å²) < 4.78 is 4.91. The molecule has 0 saturated carbocycles. The number of aromatic nitrogens is 2. The summed E-state index contributed by atoms with van der Waals surface area (Å²) in [5.41, 5.74) is 1.51. The highest BCUT2D eigenvalue weighted by Crippen LogP contribution is 2.25. The van der Waals surface area contributed by atoms with Crippen LogP contribution in [0.25, 0.3) is 0 Å². The minimum absolute atomic E-state index is 0.0472. The molecule has 1 amide bonds. The fourth-order valence-corrected chi connectivity index (χ4v) is 2.16. The van der Waals surface area contributed by atoms with Crippen molar-refractivity contribution in [3.05, 3.63) is 57.6 Å². The number of rotatable bonds is 5. The fourth-order valence-electron chi connectivity index (χ4n) is 1.85. The van der Waals surface area contributed by atoms with E-state index in [9.17, 15) is 9.59 Å². The van der Waals surface area contributed by atoms with E-state index in [1.807, 2.05) is 0 Å². The number of nitrogens with one attached hydrogen (secondary N) is 1. The molecule has 1 aromatic heterocycles. The molecule has 0 bridgehead atoms. The maximum atomic E-state index is 11.9. The molecule has 6 nitrogen and oxygen atoms in total. The Bertz CT molecular complexity index is 751. The van der Waals surface area contributed by atoms with Crippen LogP contribution < -0.4 is 5.32 Å². The van der Waals surface area contributed by atoms with Crippen molar-refractivity contribution in [2.24, 2.45) is 0 Å². The van der Waals surface area contributed by atoms with Gasteiger partial charge in [-0.1, -0.05) is 29.3 Å². The molecule has 2 aromatic rings. The van der Waals surface area contributed by atoms with E-state index in [4.69, 9.17) is 27.9 Å². The highest BCUT2D eigenvalue weighted by molar-refractivity contribution is 6.42. The second-order valence-corrected chi connectivity index (χ2v) is 5.90. The largest absolute Gasteiger partial charge is 0.451 e. The van der Waals surface area contributed by atoms with E-state index >= 15 is 0 Å². The van der Waals surface area contributed by atoms with Crippen LogP contribution >= 0.6 is 23.2 Å². The average molecular weight is 368 g/mol. The van der Waals surface area contributed by atoms with Crippen LogP contribution in [-0.4, -0.2) is 28.5 Å². The van der Waals surface area contributed by atoms with Crippen molar-refractivity contribution in [3.8, 4) is 0 Å². The van der Waals surface area contributed by atoms with Crippen molar-refractivity contribution in [2.75, 3.05) is 6.61 Å². The second kappa shape index (κ2) is 8.08. The van der Waals surface area contributed by atoms with Crippen LogP contribution in [0.5, 0.6) is 0 Å². The summed E-state index contributed by atoms with van der Waals surface area (Å²) in [4.78, 5) is 31.5. The van der Waals surface area contributed by atoms with Crippen molar-refractivity contribution in [1.29, 1.82) is 0 Å². The van der Waals surface area contributed by atoms with E-state index in [-0.39, 0.29) is 11.7 Å². The molecule has 0 spiro atoms. The Kier molecular flexibility index (Phi) is 6.11. The molecule has 0 fully saturated rings. The first kappa shape index (κ1) is 18.2. The molecule has 1 N–H and O–H groups in total. The maximum absolute atomic E-state index is 11.9. The molecule has 1 aromatic carbocycles. The van der Waals surface area contributed by atoms with Gasteiger partial charge in [-0.2, -0.15) is 0 Å². The van der Waals surface area contributed by atoms with Crippen LogP contribution in [-0.2, 0) is 9.53 Å². The van der Waals surface area contributed by atoms with Crippen molar-refractivity contribution >= 4 is 35.1 Å². The molecule has 24 heavy (non-hydrogen) atoms. The summed E-state index contributed by atoms with van der Waals surface area (Å²) in [6.07, 6.45) is 2.75. The molecule has 0 aliphatic heterocycles. The Labute approximate surface area is 149 Å². The number of hydrogen-bond acceptors (Lipinski definition) is 5. The number of halogens is 2. The van der Waals surface area contributed by atoms with Crippen LogP contribution in [0.2, 0.25) is 10.0 Å². The van der Waals surface area contributed by atoms with E-state index in [2.05, 4.69) is 15.3 Å². The molecule has 2 rings (SSSR count). The summed E-state index contributed by atoms with van der Waals surface area (Å²) >= 11 is 11.8. The van der Waals surface area contributed by atoms with Crippen molar-refractivity contribution in [3.63, 3.8) is 0 Å². The molecule has 0 aliphatic rings. The quantitative estimate of drug-likeness (QED) is 0.821. The first-order valence-corrected chi connectivity index (χ1v) is 7.82. The summed E-state index contributed by atoms with van der Waals surface area (Å²) in [5, 5.41) is 3.54. The van der Waals surface area contributed by atoms with Gasteiger partial charge < -0.3 is 10.1 Å². The van der Waals surface area contributed by atoms with Crippen molar-refractivity contribution in [1.82, 2.24) is 15.3 Å². The molecule has 0 aliphatic carbocycles. The molecule has 126 valence electrons. The Hall–Kier alpha value is -2.18. The summed E-state index contributed by atoms with van der Waals surface area (Å²) in [6.45, 7) is 3.12. The van der Waals surface area contributed by atoms with Gasteiger partial charge in [0.1, 0.15) is 0 Å². The van der Waals surface area contributed by atoms with E-state index in [1.165, 1.54) is 12.4 Å². The predicted octanol–water partition coefficient (Wildman–Crippen LogP) is 3.13. The third-order valence-corrected chi connectivity index (χ3v) is 3.88. The number of carbonyl (C=O) groups excluding carboxylic acids is 2. The molecule has 0 saturated heterocycles. The van der Waals surface area contributed by atoms with Crippen LogP contribution in [0.1, 0.15) is 34.7 Å². The minimum Gasteiger partial charge on any atom is -0.451 e. The summed E-state index contributed by atoms with van der Waals surface area (Å²) in [6, 6.07) is 4.76. The Morgan fingerprint density at radius 3 is 2.58 bits per heavy atom. The first-order valence-electron chi connectivity index (χ1n) is 7.07. The summed E-state index contributed by atoms with van der Waals surface area (Å²) in [7, 11) is 0. The van der Waals surface area contributed by atoms with E-state index in [0.717, 1.165) is 5.56 Å². The maximum Gasteiger partial charge on any atom is 0.359 e. The predicted molar refractivity (Wildman–Crippen MR) is 90.1 cm³/mol. The van der Waals surface area contributed by atoms with Gasteiger partial charge in [-0.3, -0.25) is 9.78 Å². The number of benzene rings is 1. The smallest absolute Gasteiger partial charge is 0.359 e. The average Bonchev–Trinajstić information content (AvgIpc) is 2.55. The van der Waals surface area contributed by atoms with Gasteiger partial charge >= 0.3 is 5.97 Å². The van der Waals surface area contributed by atoms with Gasteiger partial charge in [-0.25, -0.2) is 9.78 Å². The Morgan fingerprint density at radius 2 is 1.96 bits per heavy atom. The van der Waals surface area contributed by atoms with Crippen LogP contribution in [0.15, 0.2) is 30.6 Å². The number of carbonyl (C=O) groups is 2. The highest BCUT2D eigenvalue weighted by Gasteiger charge is 2.15. The number of hydrogen-bond donors (Lipinski definition) is 1. The zero-order chi connectivity index (χ0) is 17.7. The van der Waals surface area contributed by atoms with Crippen LogP contribution in [0.4, 0.5) is 0 Å². The molecule has 8 heteroatoms. The van der Waals surface area contributed by atoms with Gasteiger partial charge in [0.15, 0.2) is 12.3 Å². The van der Waals surface area contributed by atoms with Gasteiger partial charge in [0, 0.05) is 6.20 Å². The lowest BCUT2D eigenvalue weighted by molar-refractivity contribution is -0.124. The SMILES string of the molecule is Cc1cnc(C(=O)OCC(=O)NC(C)c2ccc(Cl)c(Cl)c2)cn1. The second-order valence-electron chi connectivity index (χ2n) is 5.08. The normalized spacial score (nSPS) is 11.7. The number of aryl methyl sites for hydroxylation is 1. The zero-order valence-corrected chi connectivity index (χ0v) is 14.6.